The van der Waals surface area contributed by atoms with Gasteiger partial charge in [0.2, 0.25) is 5.91 Å². The summed E-state index contributed by atoms with van der Waals surface area (Å²) in [6, 6.07) is 8.49. The predicted octanol–water partition coefficient (Wildman–Crippen LogP) is 3.82. The zero-order chi connectivity index (χ0) is 20.6. The molecule has 1 aliphatic heterocycles. The van der Waals surface area contributed by atoms with Gasteiger partial charge in [0, 0.05) is 30.9 Å². The van der Waals surface area contributed by atoms with Crippen molar-refractivity contribution in [2.75, 3.05) is 24.5 Å². The first-order chi connectivity index (χ1) is 14.0. The van der Waals surface area contributed by atoms with E-state index in [1.165, 1.54) is 37.8 Å². The van der Waals surface area contributed by atoms with Crippen LogP contribution < -0.4 is 15.5 Å². The molecule has 0 saturated carbocycles. The first-order valence-corrected chi connectivity index (χ1v) is 10.5. The smallest absolute Gasteiger partial charge is 0.253 e. The second kappa shape index (κ2) is 10.5. The summed E-state index contributed by atoms with van der Waals surface area (Å²) in [6.45, 7) is 2.27. The second-order valence-electron chi connectivity index (χ2n) is 7.01. The zero-order valence-electron chi connectivity index (χ0n) is 16.1. The molecule has 2 amide bonds. The van der Waals surface area contributed by atoms with Crippen molar-refractivity contribution in [2.45, 2.75) is 32.2 Å². The van der Waals surface area contributed by atoms with Gasteiger partial charge in [-0.2, -0.15) is 0 Å². The van der Waals surface area contributed by atoms with Crippen LogP contribution in [0.25, 0.3) is 0 Å². The van der Waals surface area contributed by atoms with E-state index in [1.54, 1.807) is 12.3 Å². The molecule has 0 atom stereocenters. The highest BCUT2D eigenvalue weighted by atomic mass is 35.5. The Balaban J connectivity index is 1.49. The van der Waals surface area contributed by atoms with Gasteiger partial charge < -0.3 is 15.5 Å². The van der Waals surface area contributed by atoms with Crippen LogP contribution >= 0.6 is 23.2 Å². The molecule has 0 bridgehead atoms. The number of anilines is 1. The van der Waals surface area contributed by atoms with Gasteiger partial charge in [0.15, 0.2) is 0 Å². The number of rotatable bonds is 6. The second-order valence-corrected chi connectivity index (χ2v) is 7.85. The third-order valence-electron chi connectivity index (χ3n) is 4.81. The Morgan fingerprint density at radius 1 is 1.00 bits per heavy atom. The van der Waals surface area contributed by atoms with Crippen LogP contribution in [0.2, 0.25) is 10.0 Å². The van der Waals surface area contributed by atoms with Crippen LogP contribution in [0.5, 0.6) is 0 Å². The first-order valence-electron chi connectivity index (χ1n) is 9.73. The predicted molar refractivity (Wildman–Crippen MR) is 116 cm³/mol. The molecule has 3 rings (SSSR count). The Morgan fingerprint density at radius 3 is 2.48 bits per heavy atom. The Hall–Kier alpha value is -2.31. The number of nitrogens with zero attached hydrogens (tertiary/aromatic N) is 2. The summed E-state index contributed by atoms with van der Waals surface area (Å²) in [5.74, 6) is 0.245. The molecule has 6 nitrogen and oxygen atoms in total. The lowest BCUT2D eigenvalue weighted by molar-refractivity contribution is -0.120. The van der Waals surface area contributed by atoms with Crippen molar-refractivity contribution in [1.82, 2.24) is 15.6 Å². The van der Waals surface area contributed by atoms with Gasteiger partial charge in [0.05, 0.1) is 17.1 Å². The van der Waals surface area contributed by atoms with Crippen molar-refractivity contribution in [2.24, 2.45) is 0 Å². The number of pyridine rings is 1. The minimum Gasteiger partial charge on any atom is -0.357 e. The third kappa shape index (κ3) is 6.34. The molecule has 1 fully saturated rings. The maximum atomic E-state index is 12.2. The van der Waals surface area contributed by atoms with E-state index in [0.717, 1.165) is 24.5 Å². The highest BCUT2D eigenvalue weighted by molar-refractivity contribution is 6.36. The molecular weight excluding hydrogens is 411 g/mol. The largest absolute Gasteiger partial charge is 0.357 e. The van der Waals surface area contributed by atoms with Crippen molar-refractivity contribution in [3.05, 3.63) is 57.7 Å². The Morgan fingerprint density at radius 2 is 1.76 bits per heavy atom. The topological polar surface area (TPSA) is 74.3 Å². The van der Waals surface area contributed by atoms with E-state index < -0.39 is 5.91 Å². The monoisotopic (exact) mass is 434 g/mol. The molecule has 2 heterocycles. The van der Waals surface area contributed by atoms with Crippen molar-refractivity contribution >= 4 is 40.8 Å². The molecule has 154 valence electrons. The summed E-state index contributed by atoms with van der Waals surface area (Å²) in [4.78, 5) is 31.1. The average Bonchev–Trinajstić information content (AvgIpc) is 3.00. The number of halogens is 2. The molecule has 0 aliphatic carbocycles. The van der Waals surface area contributed by atoms with Gasteiger partial charge in [-0.15, -0.1) is 0 Å². The number of nitrogens with one attached hydrogen (secondary N) is 2. The van der Waals surface area contributed by atoms with Gasteiger partial charge in [-0.3, -0.25) is 9.59 Å². The first kappa shape index (κ1) is 21.4. The molecule has 1 saturated heterocycles. The van der Waals surface area contributed by atoms with Crippen molar-refractivity contribution in [1.29, 1.82) is 0 Å². The van der Waals surface area contributed by atoms with Crippen LogP contribution in [0.15, 0.2) is 36.5 Å². The SMILES string of the molecule is O=C(CNC(=O)c1ccc(Cl)cc1Cl)NCc1ccnc(N2CCCCCC2)c1. The van der Waals surface area contributed by atoms with Crippen molar-refractivity contribution in [3.63, 3.8) is 0 Å². The lowest BCUT2D eigenvalue weighted by atomic mass is 10.2. The number of hydrogen-bond donors (Lipinski definition) is 2. The van der Waals surface area contributed by atoms with E-state index in [2.05, 4.69) is 20.5 Å². The molecule has 1 aliphatic rings. The number of aromatic nitrogens is 1. The molecule has 1 aromatic carbocycles. The van der Waals surface area contributed by atoms with Crippen LogP contribution in [0.3, 0.4) is 0 Å². The number of carbonyl (C=O) groups is 2. The van der Waals surface area contributed by atoms with E-state index in [4.69, 9.17) is 23.2 Å². The third-order valence-corrected chi connectivity index (χ3v) is 5.36. The fourth-order valence-corrected chi connectivity index (χ4v) is 3.73. The molecule has 2 N–H and O–H groups in total. The number of amides is 2. The minimum absolute atomic E-state index is 0.137. The minimum atomic E-state index is -0.422. The van der Waals surface area contributed by atoms with E-state index >= 15 is 0 Å². The Kier molecular flexibility index (Phi) is 7.72. The van der Waals surface area contributed by atoms with Gasteiger partial charge >= 0.3 is 0 Å². The van der Waals surface area contributed by atoms with Crippen LogP contribution in [-0.2, 0) is 11.3 Å². The lowest BCUT2D eigenvalue weighted by Gasteiger charge is -2.21. The van der Waals surface area contributed by atoms with Crippen LogP contribution in [-0.4, -0.2) is 36.4 Å². The van der Waals surface area contributed by atoms with Gasteiger partial charge in [-0.25, -0.2) is 4.98 Å². The molecule has 8 heteroatoms. The van der Waals surface area contributed by atoms with Crippen LogP contribution in [0, 0.1) is 0 Å². The van der Waals surface area contributed by atoms with Gasteiger partial charge in [-0.05, 0) is 48.7 Å². The van der Waals surface area contributed by atoms with Gasteiger partial charge in [-0.1, -0.05) is 36.0 Å². The Labute approximate surface area is 180 Å². The number of benzene rings is 1. The highest BCUT2D eigenvalue weighted by Crippen LogP contribution is 2.21. The summed E-state index contributed by atoms with van der Waals surface area (Å²) in [6.07, 6.45) is 6.66. The number of carbonyl (C=O) groups excluding carboxylic acids is 2. The molecule has 0 spiro atoms. The van der Waals surface area contributed by atoms with E-state index in [1.807, 2.05) is 12.1 Å². The quantitative estimate of drug-likeness (QED) is 0.724. The van der Waals surface area contributed by atoms with Crippen LogP contribution in [0.4, 0.5) is 5.82 Å². The highest BCUT2D eigenvalue weighted by Gasteiger charge is 2.13. The maximum absolute atomic E-state index is 12.2. The van der Waals surface area contributed by atoms with E-state index in [9.17, 15) is 9.59 Å². The standard InChI is InChI=1S/C21H24Cl2N4O2/c22-16-5-6-17(18(23)12-16)21(29)26-14-20(28)25-13-15-7-8-24-19(11-15)27-9-3-1-2-4-10-27/h5-8,11-12H,1-4,9-10,13-14H2,(H,25,28)(H,26,29). The maximum Gasteiger partial charge on any atom is 0.253 e. The molecule has 29 heavy (non-hydrogen) atoms. The Bertz CT molecular complexity index is 868. The molecule has 1 aromatic heterocycles. The van der Waals surface area contributed by atoms with E-state index in [0.29, 0.717) is 11.6 Å². The van der Waals surface area contributed by atoms with Crippen molar-refractivity contribution < 1.29 is 9.59 Å². The summed E-state index contributed by atoms with van der Waals surface area (Å²) in [5, 5.41) is 6.07. The normalized spacial score (nSPS) is 14.2. The molecule has 0 radical (unpaired) electrons. The van der Waals surface area contributed by atoms with Gasteiger partial charge in [0.25, 0.3) is 5.91 Å². The van der Waals surface area contributed by atoms with Crippen LogP contribution in [0.1, 0.15) is 41.6 Å². The fourth-order valence-electron chi connectivity index (χ4n) is 3.24. The molecule has 0 unspecified atom stereocenters. The summed E-state index contributed by atoms with van der Waals surface area (Å²) in [7, 11) is 0. The summed E-state index contributed by atoms with van der Waals surface area (Å²) < 4.78 is 0. The number of hydrogen-bond acceptors (Lipinski definition) is 4. The fraction of sp³-hybridized carbons (Fsp3) is 0.381. The van der Waals surface area contributed by atoms with Gasteiger partial charge in [0.1, 0.15) is 5.82 Å². The van der Waals surface area contributed by atoms with E-state index in [-0.39, 0.29) is 23.0 Å². The lowest BCUT2D eigenvalue weighted by Crippen LogP contribution is -2.36. The summed E-state index contributed by atoms with van der Waals surface area (Å²) in [5.41, 5.74) is 1.25. The molecular formula is C21H24Cl2N4O2. The molecule has 2 aromatic rings. The van der Waals surface area contributed by atoms with Crippen molar-refractivity contribution in [3.8, 4) is 0 Å². The zero-order valence-corrected chi connectivity index (χ0v) is 17.6. The summed E-state index contributed by atoms with van der Waals surface area (Å²) >= 11 is 11.8. The average molecular weight is 435 g/mol.